The predicted molar refractivity (Wildman–Crippen MR) is 258 cm³/mol. The second-order valence-electron chi connectivity index (χ2n) is 15.8. The van der Waals surface area contributed by atoms with Gasteiger partial charge in [0.2, 0.25) is 0 Å². The van der Waals surface area contributed by atoms with Crippen molar-refractivity contribution in [1.29, 1.82) is 0 Å². The first-order valence-corrected chi connectivity index (χ1v) is 21.1. The molecule has 3 aromatic heterocycles. The monoisotopic (exact) mass is 790 g/mol. The minimum atomic E-state index is 0.697. The Labute approximate surface area is 359 Å². The Hall–Kier alpha value is -8.34. The number of rotatable bonds is 7. The van der Waals surface area contributed by atoms with Crippen LogP contribution in [0.25, 0.3) is 111 Å². The quantitative estimate of drug-likeness (QED) is 0.161. The van der Waals surface area contributed by atoms with Crippen molar-refractivity contribution >= 4 is 43.6 Å². The Bertz CT molecular complexity index is 3550. The van der Waals surface area contributed by atoms with Crippen molar-refractivity contribution in [3.8, 4) is 67.5 Å². The lowest BCUT2D eigenvalue weighted by molar-refractivity contribution is 1.18. The van der Waals surface area contributed by atoms with Gasteiger partial charge in [-0.1, -0.05) is 170 Å². The summed E-state index contributed by atoms with van der Waals surface area (Å²) in [5, 5.41) is 4.95. The van der Waals surface area contributed by atoms with E-state index >= 15 is 0 Å². The molecule has 4 heteroatoms. The largest absolute Gasteiger partial charge is 0.309 e. The van der Waals surface area contributed by atoms with Crippen LogP contribution >= 0.6 is 0 Å². The summed E-state index contributed by atoms with van der Waals surface area (Å²) in [7, 11) is 0. The molecule has 4 nitrogen and oxygen atoms in total. The molecule has 0 amide bonds. The summed E-state index contributed by atoms with van der Waals surface area (Å²) in [6.07, 6.45) is 0. The summed E-state index contributed by atoms with van der Waals surface area (Å²) in [6.45, 7) is 0. The van der Waals surface area contributed by atoms with E-state index in [0.29, 0.717) is 5.82 Å². The number of benzene rings is 9. The lowest BCUT2D eigenvalue weighted by atomic mass is 9.99. The van der Waals surface area contributed by atoms with Crippen LogP contribution in [-0.4, -0.2) is 19.1 Å². The molecule has 9 aromatic carbocycles. The summed E-state index contributed by atoms with van der Waals surface area (Å²) in [6, 6.07) is 82.1. The maximum Gasteiger partial charge on any atom is 0.160 e. The third-order valence-electron chi connectivity index (χ3n) is 12.1. The van der Waals surface area contributed by atoms with Gasteiger partial charge in [-0.3, -0.25) is 0 Å². The molecule has 3 heterocycles. The molecule has 0 aliphatic carbocycles. The molecule has 0 atom stereocenters. The van der Waals surface area contributed by atoms with Crippen molar-refractivity contribution in [3.05, 3.63) is 231 Å². The number of aromatic nitrogens is 4. The molecule has 0 spiro atoms. The van der Waals surface area contributed by atoms with Gasteiger partial charge in [0.05, 0.1) is 33.5 Å². The van der Waals surface area contributed by atoms with Gasteiger partial charge >= 0.3 is 0 Å². The predicted octanol–water partition coefficient (Wildman–Crippen LogP) is 15.0. The summed E-state index contributed by atoms with van der Waals surface area (Å²) in [5.74, 6) is 0.697. The zero-order valence-electron chi connectivity index (χ0n) is 33.7. The van der Waals surface area contributed by atoms with Gasteiger partial charge < -0.3 is 9.13 Å². The topological polar surface area (TPSA) is 35.6 Å². The molecule has 290 valence electrons. The Kier molecular flexibility index (Phi) is 8.46. The molecule has 0 saturated heterocycles. The fourth-order valence-electron chi connectivity index (χ4n) is 9.26. The van der Waals surface area contributed by atoms with Gasteiger partial charge in [-0.2, -0.15) is 0 Å². The fourth-order valence-corrected chi connectivity index (χ4v) is 9.26. The minimum Gasteiger partial charge on any atom is -0.309 e. The number of fused-ring (bicyclic) bond motifs is 6. The van der Waals surface area contributed by atoms with Crippen molar-refractivity contribution in [1.82, 2.24) is 19.1 Å². The van der Waals surface area contributed by atoms with Crippen LogP contribution in [0.1, 0.15) is 0 Å². The van der Waals surface area contributed by atoms with Crippen molar-refractivity contribution in [2.45, 2.75) is 0 Å². The van der Waals surface area contributed by atoms with Crippen LogP contribution in [-0.2, 0) is 0 Å². The standard InChI is InChI=1S/C58H38N4/c1-4-16-40(17-5-1)51-38-52(41-18-6-2-7-19-41)60-58(59-51)44-21-14-20-42(36-44)43-32-35-49-48-24-10-12-27-53(48)62(56(49)37-43)46-33-30-39(31-34-46)47-26-15-29-55-57(47)50-25-11-13-28-54(50)61(55)45-22-8-3-9-23-45/h1-38H. The van der Waals surface area contributed by atoms with Crippen LogP contribution in [0.5, 0.6) is 0 Å². The molecule has 0 aliphatic rings. The van der Waals surface area contributed by atoms with Crippen LogP contribution in [0.3, 0.4) is 0 Å². The van der Waals surface area contributed by atoms with E-state index in [9.17, 15) is 0 Å². The Morgan fingerprint density at radius 3 is 1.47 bits per heavy atom. The van der Waals surface area contributed by atoms with E-state index in [-0.39, 0.29) is 0 Å². The third kappa shape index (κ3) is 6.00. The molecular weight excluding hydrogens is 753 g/mol. The van der Waals surface area contributed by atoms with E-state index in [1.54, 1.807) is 0 Å². The van der Waals surface area contributed by atoms with E-state index in [4.69, 9.17) is 9.97 Å². The first-order valence-electron chi connectivity index (χ1n) is 21.1. The Morgan fingerprint density at radius 1 is 0.274 bits per heavy atom. The lowest BCUT2D eigenvalue weighted by Crippen LogP contribution is -1.96. The van der Waals surface area contributed by atoms with E-state index < -0.39 is 0 Å². The summed E-state index contributed by atoms with van der Waals surface area (Å²) in [5.41, 5.74) is 16.5. The first-order chi connectivity index (χ1) is 30.7. The highest BCUT2D eigenvalue weighted by molar-refractivity contribution is 6.16. The Balaban J connectivity index is 0.963. The van der Waals surface area contributed by atoms with E-state index in [2.05, 4.69) is 228 Å². The molecule has 0 saturated carbocycles. The second-order valence-corrected chi connectivity index (χ2v) is 15.8. The van der Waals surface area contributed by atoms with Crippen molar-refractivity contribution in [3.63, 3.8) is 0 Å². The van der Waals surface area contributed by atoms with Gasteiger partial charge in [0.15, 0.2) is 5.82 Å². The SMILES string of the molecule is c1ccc(-c2cc(-c3ccccc3)nc(-c3cccc(-c4ccc5c6ccccc6n(-c6ccc(-c7cccc8c7c7ccccc7n8-c7ccccc7)cc6)c5c4)c3)n2)cc1. The summed E-state index contributed by atoms with van der Waals surface area (Å²) in [4.78, 5) is 10.3. The van der Waals surface area contributed by atoms with Crippen LogP contribution in [0.15, 0.2) is 231 Å². The molecule has 12 aromatic rings. The van der Waals surface area contributed by atoms with Crippen LogP contribution in [0.4, 0.5) is 0 Å². The normalized spacial score (nSPS) is 11.5. The molecule has 12 rings (SSSR count). The average molecular weight is 791 g/mol. The smallest absolute Gasteiger partial charge is 0.160 e. The maximum absolute atomic E-state index is 5.13. The number of hydrogen-bond donors (Lipinski definition) is 0. The van der Waals surface area contributed by atoms with Crippen LogP contribution in [0.2, 0.25) is 0 Å². The Morgan fingerprint density at radius 2 is 0.758 bits per heavy atom. The lowest BCUT2D eigenvalue weighted by Gasteiger charge is -2.12. The third-order valence-corrected chi connectivity index (χ3v) is 12.1. The van der Waals surface area contributed by atoms with Crippen molar-refractivity contribution in [2.24, 2.45) is 0 Å². The molecule has 0 radical (unpaired) electrons. The zero-order valence-corrected chi connectivity index (χ0v) is 33.7. The van der Waals surface area contributed by atoms with Crippen molar-refractivity contribution < 1.29 is 0 Å². The first kappa shape index (κ1) is 35.6. The van der Waals surface area contributed by atoms with Gasteiger partial charge in [-0.15, -0.1) is 0 Å². The molecule has 0 aliphatic heterocycles. The van der Waals surface area contributed by atoms with Gasteiger partial charge in [0.1, 0.15) is 0 Å². The highest BCUT2D eigenvalue weighted by Crippen LogP contribution is 2.40. The van der Waals surface area contributed by atoms with E-state index in [1.807, 2.05) is 12.1 Å². The van der Waals surface area contributed by atoms with Gasteiger partial charge in [-0.25, -0.2) is 9.97 Å². The second kappa shape index (κ2) is 14.7. The minimum absolute atomic E-state index is 0.697. The van der Waals surface area contributed by atoms with Crippen LogP contribution < -0.4 is 0 Å². The van der Waals surface area contributed by atoms with Gasteiger partial charge in [-0.05, 0) is 82.9 Å². The van der Waals surface area contributed by atoms with E-state index in [0.717, 1.165) is 56.1 Å². The summed E-state index contributed by atoms with van der Waals surface area (Å²) >= 11 is 0. The van der Waals surface area contributed by atoms with Crippen molar-refractivity contribution in [2.75, 3.05) is 0 Å². The highest BCUT2D eigenvalue weighted by Gasteiger charge is 2.18. The fraction of sp³-hybridized carbons (Fsp3) is 0. The molecule has 62 heavy (non-hydrogen) atoms. The van der Waals surface area contributed by atoms with E-state index in [1.165, 1.54) is 49.2 Å². The van der Waals surface area contributed by atoms with Gasteiger partial charge in [0, 0.05) is 49.6 Å². The molecule has 0 fully saturated rings. The molecule has 0 unspecified atom stereocenters. The van der Waals surface area contributed by atoms with Gasteiger partial charge in [0.25, 0.3) is 0 Å². The highest BCUT2D eigenvalue weighted by atomic mass is 15.0. The average Bonchev–Trinajstić information content (AvgIpc) is 3.87. The molecular formula is C58H38N4. The number of hydrogen-bond acceptors (Lipinski definition) is 2. The van der Waals surface area contributed by atoms with Crippen LogP contribution in [0, 0.1) is 0 Å². The number of nitrogens with zero attached hydrogens (tertiary/aromatic N) is 4. The molecule has 0 N–H and O–H groups in total. The maximum atomic E-state index is 5.13. The summed E-state index contributed by atoms with van der Waals surface area (Å²) < 4.78 is 4.78. The number of para-hydroxylation sites is 3. The molecule has 0 bridgehead atoms. The zero-order chi connectivity index (χ0) is 41.0.